The monoisotopic (exact) mass is 123 g/mol. The molecule has 2 nitrogen and oxygen atoms in total. The first-order valence-corrected chi connectivity index (χ1v) is 2.67. The van der Waals surface area contributed by atoms with Gasteiger partial charge in [-0.15, -0.1) is 0 Å². The van der Waals surface area contributed by atoms with Gasteiger partial charge in [0.15, 0.2) is 0 Å². The maximum absolute atomic E-state index is 8.39. The Kier molecular flexibility index (Phi) is 4.21. The van der Waals surface area contributed by atoms with Crippen LogP contribution in [0.1, 0.15) is 6.42 Å². The summed E-state index contributed by atoms with van der Waals surface area (Å²) in [7, 11) is 0. The molecule has 0 fully saturated rings. The molecule has 35 valence electrons. The van der Waals surface area contributed by atoms with Crippen molar-refractivity contribution in [2.75, 3.05) is 6.61 Å². The van der Waals surface area contributed by atoms with Gasteiger partial charge in [0.1, 0.15) is 0 Å². The Labute approximate surface area is 48.6 Å². The Morgan fingerprint density at radius 2 is 2.17 bits per heavy atom. The molecule has 0 radical (unpaired) electrons. The fourth-order valence-electron chi connectivity index (χ4n) is 0.122. The third-order valence-electron chi connectivity index (χ3n) is 0.403. The van der Waals surface area contributed by atoms with Gasteiger partial charge in [-0.3, -0.25) is 0 Å². The van der Waals surface area contributed by atoms with E-state index in [-0.39, 0.29) is 11.0 Å². The minimum atomic E-state index is -0.352. The predicted molar refractivity (Wildman–Crippen MR) is 17.7 cm³/mol. The molecule has 6 heavy (non-hydrogen) atoms. The van der Waals surface area contributed by atoms with Crippen molar-refractivity contribution < 1.29 is 30.6 Å². The summed E-state index contributed by atoms with van der Waals surface area (Å²) >= 11 is 1.65. The van der Waals surface area contributed by atoms with Gasteiger partial charge < -0.3 is 0 Å². The Morgan fingerprint density at radius 3 is 2.17 bits per heavy atom. The molecule has 1 atom stereocenters. The van der Waals surface area contributed by atoms with E-state index >= 15 is 0 Å². The van der Waals surface area contributed by atoms with Crippen molar-refractivity contribution in [2.24, 2.45) is 0 Å². The van der Waals surface area contributed by atoms with E-state index in [0.29, 0.717) is 6.42 Å². The number of aliphatic hydroxyl groups is 2. The van der Waals surface area contributed by atoms with E-state index < -0.39 is 0 Å². The Bertz CT molecular complexity index is 30.0. The molecule has 0 amide bonds. The molecule has 0 saturated heterocycles. The summed E-state index contributed by atoms with van der Waals surface area (Å²) in [5.74, 6) is 0. The van der Waals surface area contributed by atoms with Crippen LogP contribution in [0.25, 0.3) is 0 Å². The van der Waals surface area contributed by atoms with Gasteiger partial charge in [-0.05, 0) is 0 Å². The molecule has 0 heterocycles. The van der Waals surface area contributed by atoms with Crippen LogP contribution in [0.5, 0.6) is 0 Å². The summed E-state index contributed by atoms with van der Waals surface area (Å²) in [6, 6.07) is 0. The van der Waals surface area contributed by atoms with Crippen molar-refractivity contribution in [3.8, 4) is 0 Å². The SMILES string of the molecule is OCC[CH](O)[Ti]. The van der Waals surface area contributed by atoms with Gasteiger partial charge in [-0.1, -0.05) is 0 Å². The van der Waals surface area contributed by atoms with Crippen molar-refractivity contribution in [2.45, 2.75) is 10.8 Å². The first-order valence-electron chi connectivity index (χ1n) is 1.77. The molecule has 3 heteroatoms. The van der Waals surface area contributed by atoms with E-state index in [0.717, 1.165) is 0 Å². The van der Waals surface area contributed by atoms with Gasteiger partial charge in [-0.2, -0.15) is 0 Å². The third kappa shape index (κ3) is 4.63. The van der Waals surface area contributed by atoms with Gasteiger partial charge in [-0.25, -0.2) is 0 Å². The second kappa shape index (κ2) is 3.81. The van der Waals surface area contributed by atoms with Gasteiger partial charge in [0.25, 0.3) is 0 Å². The predicted octanol–water partition coefficient (Wildman–Crippen LogP) is -0.766. The summed E-state index contributed by atoms with van der Waals surface area (Å²) in [5, 5.41) is 16.5. The van der Waals surface area contributed by atoms with Crippen LogP contribution in [0.4, 0.5) is 0 Å². The van der Waals surface area contributed by atoms with Crippen molar-refractivity contribution in [3.63, 3.8) is 0 Å². The van der Waals surface area contributed by atoms with Crippen LogP contribution in [0.3, 0.4) is 0 Å². The van der Waals surface area contributed by atoms with Crippen molar-refractivity contribution in [3.05, 3.63) is 0 Å². The first kappa shape index (κ1) is 6.63. The molecule has 0 aliphatic rings. The number of hydrogen-bond donors (Lipinski definition) is 2. The van der Waals surface area contributed by atoms with Gasteiger partial charge >= 0.3 is 48.1 Å². The maximum atomic E-state index is 8.39. The quantitative estimate of drug-likeness (QED) is 0.473. The molecule has 2 N–H and O–H groups in total. The summed E-state index contributed by atoms with van der Waals surface area (Å²) < 4.78 is -0.352. The molecular formula is C3H7O2Ti. The van der Waals surface area contributed by atoms with Crippen molar-refractivity contribution in [1.82, 2.24) is 0 Å². The zero-order valence-corrected chi connectivity index (χ0v) is 4.95. The molecule has 0 aromatic heterocycles. The molecule has 0 aromatic carbocycles. The summed E-state index contributed by atoms with van der Waals surface area (Å²) in [6.45, 7) is 0.0810. The number of hydrogen-bond acceptors (Lipinski definition) is 2. The molecule has 1 unspecified atom stereocenters. The molecule has 0 rings (SSSR count). The van der Waals surface area contributed by atoms with E-state index in [4.69, 9.17) is 10.2 Å². The molecule has 0 aliphatic carbocycles. The first-order chi connectivity index (χ1) is 2.77. The summed E-state index contributed by atoms with van der Waals surface area (Å²) in [5.41, 5.74) is 0. The van der Waals surface area contributed by atoms with Gasteiger partial charge in [0.05, 0.1) is 0 Å². The number of rotatable bonds is 2. The van der Waals surface area contributed by atoms with Crippen molar-refractivity contribution in [1.29, 1.82) is 0 Å². The van der Waals surface area contributed by atoms with Crippen LogP contribution in [-0.2, 0) is 20.4 Å². The van der Waals surface area contributed by atoms with E-state index in [1.54, 1.807) is 20.4 Å². The van der Waals surface area contributed by atoms with Crippen molar-refractivity contribution >= 4 is 0 Å². The second-order valence-electron chi connectivity index (χ2n) is 1.03. The van der Waals surface area contributed by atoms with Crippen LogP contribution in [0, 0.1) is 0 Å². The van der Waals surface area contributed by atoms with Gasteiger partial charge in [0, 0.05) is 0 Å². The van der Waals surface area contributed by atoms with Crippen LogP contribution in [0.2, 0.25) is 0 Å². The minimum absolute atomic E-state index is 0.0810. The van der Waals surface area contributed by atoms with Gasteiger partial charge in [0.2, 0.25) is 0 Å². The van der Waals surface area contributed by atoms with Crippen LogP contribution < -0.4 is 0 Å². The second-order valence-corrected chi connectivity index (χ2v) is 2.07. The fourth-order valence-corrected chi connectivity index (χ4v) is 0.324. The van der Waals surface area contributed by atoms with E-state index in [2.05, 4.69) is 0 Å². The van der Waals surface area contributed by atoms with E-state index in [1.165, 1.54) is 0 Å². The third-order valence-corrected chi connectivity index (χ3v) is 0.853. The standard InChI is InChI=1S/C3H7O2.Ti/c4-2-1-3-5;/h2,4-5H,1,3H2;. The normalized spacial score (nSPS) is 14.2. The van der Waals surface area contributed by atoms with Crippen LogP contribution in [-0.4, -0.2) is 21.2 Å². The molecule has 0 aliphatic heterocycles. The average molecular weight is 123 g/mol. The molecule has 0 spiro atoms. The zero-order valence-electron chi connectivity index (χ0n) is 3.39. The van der Waals surface area contributed by atoms with Crippen LogP contribution >= 0.6 is 0 Å². The fraction of sp³-hybridized carbons (Fsp3) is 1.00. The molecule has 0 aromatic rings. The zero-order chi connectivity index (χ0) is 4.99. The Morgan fingerprint density at radius 1 is 1.67 bits per heavy atom. The van der Waals surface area contributed by atoms with Crippen LogP contribution in [0.15, 0.2) is 0 Å². The summed E-state index contributed by atoms with van der Waals surface area (Å²) in [6.07, 6.45) is 0.486. The summed E-state index contributed by atoms with van der Waals surface area (Å²) in [4.78, 5) is 0. The Hall–Kier alpha value is 0.634. The topological polar surface area (TPSA) is 40.5 Å². The Balaban J connectivity index is 2.63. The average Bonchev–Trinajstić information content (AvgIpc) is 1.35. The number of aliphatic hydroxyl groups excluding tert-OH is 2. The molecule has 0 bridgehead atoms. The molecule has 0 saturated carbocycles. The molecular weight excluding hydrogens is 116 g/mol. The van der Waals surface area contributed by atoms with E-state index in [9.17, 15) is 0 Å². The van der Waals surface area contributed by atoms with E-state index in [1.807, 2.05) is 0 Å².